The molecule has 0 amide bonds. The van der Waals surface area contributed by atoms with Gasteiger partial charge in [0, 0.05) is 6.54 Å². The molecular weight excluding hydrogens is 218 g/mol. The zero-order valence-corrected chi connectivity index (χ0v) is 12.2. The van der Waals surface area contributed by atoms with Gasteiger partial charge in [0.1, 0.15) is 0 Å². The summed E-state index contributed by atoms with van der Waals surface area (Å²) in [6.07, 6.45) is 4.01. The molecule has 0 N–H and O–H groups in total. The van der Waals surface area contributed by atoms with Crippen molar-refractivity contribution in [2.75, 3.05) is 19.6 Å². The number of piperidine rings is 1. The van der Waals surface area contributed by atoms with E-state index in [0.717, 1.165) is 5.92 Å². The minimum atomic E-state index is 0.458. The van der Waals surface area contributed by atoms with E-state index < -0.39 is 0 Å². The van der Waals surface area contributed by atoms with Gasteiger partial charge in [-0.15, -0.1) is 0 Å². The summed E-state index contributed by atoms with van der Waals surface area (Å²) < 4.78 is 0. The maximum atomic E-state index is 2.66. The minimum absolute atomic E-state index is 0.458. The summed E-state index contributed by atoms with van der Waals surface area (Å²) >= 11 is 0. The molecule has 1 aliphatic rings. The first-order valence-electron chi connectivity index (χ1n) is 7.32. The number of hydrogen-bond donors (Lipinski definition) is 0. The topological polar surface area (TPSA) is 3.24 Å². The largest absolute Gasteiger partial charge is 0.303 e. The van der Waals surface area contributed by atoms with E-state index in [0.29, 0.717) is 5.41 Å². The van der Waals surface area contributed by atoms with Crippen LogP contribution >= 0.6 is 0 Å². The first-order valence-corrected chi connectivity index (χ1v) is 7.32. The lowest BCUT2D eigenvalue weighted by Gasteiger charge is -2.34. The highest BCUT2D eigenvalue weighted by Crippen LogP contribution is 2.28. The van der Waals surface area contributed by atoms with Gasteiger partial charge >= 0.3 is 0 Å². The number of hydrogen-bond acceptors (Lipinski definition) is 1. The summed E-state index contributed by atoms with van der Waals surface area (Å²) in [5.74, 6) is 0.750. The van der Waals surface area contributed by atoms with E-state index in [2.05, 4.69) is 56.0 Å². The van der Waals surface area contributed by atoms with E-state index in [9.17, 15) is 0 Å². The molecule has 1 nitrogen and oxygen atoms in total. The smallest absolute Gasteiger partial charge is 0.00503 e. The van der Waals surface area contributed by atoms with Gasteiger partial charge in [-0.1, -0.05) is 51.1 Å². The molecule has 0 bridgehead atoms. The third kappa shape index (κ3) is 4.13. The van der Waals surface area contributed by atoms with Crippen LogP contribution in [0.1, 0.15) is 51.5 Å². The third-order valence-electron chi connectivity index (χ3n) is 3.95. The van der Waals surface area contributed by atoms with Gasteiger partial charge in [0.2, 0.25) is 0 Å². The van der Waals surface area contributed by atoms with Gasteiger partial charge in [-0.05, 0) is 49.2 Å². The fourth-order valence-corrected chi connectivity index (χ4v) is 2.75. The summed E-state index contributed by atoms with van der Waals surface area (Å²) in [7, 11) is 0. The second kappa shape index (κ2) is 5.88. The van der Waals surface area contributed by atoms with E-state index in [-0.39, 0.29) is 0 Å². The molecular formula is C17H27N. The van der Waals surface area contributed by atoms with Crippen LogP contribution in [0.4, 0.5) is 0 Å². The Labute approximate surface area is 112 Å². The van der Waals surface area contributed by atoms with Crippen LogP contribution < -0.4 is 0 Å². The monoisotopic (exact) mass is 245 g/mol. The zero-order chi connectivity index (χ0) is 13.0. The molecule has 1 atom stereocenters. The molecule has 0 aromatic heterocycles. The lowest BCUT2D eigenvalue weighted by molar-refractivity contribution is 0.181. The van der Waals surface area contributed by atoms with E-state index in [1.165, 1.54) is 44.5 Å². The Balaban J connectivity index is 1.89. The standard InChI is InChI=1S/C17H27N/c1-17(2,3)11-13-18-12-7-10-16(14-18)15-8-5-4-6-9-15/h4-6,8-9,16H,7,10-14H2,1-3H3. The van der Waals surface area contributed by atoms with Gasteiger partial charge in [-0.2, -0.15) is 0 Å². The maximum Gasteiger partial charge on any atom is 0.00503 e. The molecule has 1 aromatic carbocycles. The molecule has 1 heteroatoms. The molecule has 1 aromatic rings. The minimum Gasteiger partial charge on any atom is -0.303 e. The van der Waals surface area contributed by atoms with Crippen LogP contribution in [0.2, 0.25) is 0 Å². The maximum absolute atomic E-state index is 2.66. The summed E-state index contributed by atoms with van der Waals surface area (Å²) in [6.45, 7) is 10.8. The van der Waals surface area contributed by atoms with Crippen LogP contribution in [0.15, 0.2) is 30.3 Å². The number of nitrogens with zero attached hydrogens (tertiary/aromatic N) is 1. The van der Waals surface area contributed by atoms with Crippen LogP contribution in [-0.2, 0) is 0 Å². The van der Waals surface area contributed by atoms with Crippen LogP contribution in [0, 0.1) is 5.41 Å². The molecule has 18 heavy (non-hydrogen) atoms. The van der Waals surface area contributed by atoms with Crippen LogP contribution in [0.25, 0.3) is 0 Å². The summed E-state index contributed by atoms with van der Waals surface area (Å²) in [6, 6.07) is 11.0. The Hall–Kier alpha value is -0.820. The average molecular weight is 245 g/mol. The number of likely N-dealkylation sites (tertiary alicyclic amines) is 1. The van der Waals surface area contributed by atoms with E-state index in [1.807, 2.05) is 0 Å². The second-order valence-electron chi connectivity index (χ2n) is 6.86. The molecule has 1 heterocycles. The second-order valence-corrected chi connectivity index (χ2v) is 6.86. The lowest BCUT2D eigenvalue weighted by Crippen LogP contribution is -2.36. The highest BCUT2D eigenvalue weighted by Gasteiger charge is 2.22. The van der Waals surface area contributed by atoms with Gasteiger partial charge in [0.05, 0.1) is 0 Å². The normalized spacial score (nSPS) is 22.1. The SMILES string of the molecule is CC(C)(C)CCN1CCCC(c2ccccc2)C1. The first kappa shape index (κ1) is 13.6. The van der Waals surface area contributed by atoms with E-state index in [1.54, 1.807) is 0 Å². The molecule has 1 aliphatic heterocycles. The van der Waals surface area contributed by atoms with Crippen molar-refractivity contribution in [3.05, 3.63) is 35.9 Å². The highest BCUT2D eigenvalue weighted by molar-refractivity contribution is 5.20. The van der Waals surface area contributed by atoms with Crippen molar-refractivity contribution < 1.29 is 0 Å². The third-order valence-corrected chi connectivity index (χ3v) is 3.95. The van der Waals surface area contributed by atoms with E-state index in [4.69, 9.17) is 0 Å². The van der Waals surface area contributed by atoms with Gasteiger partial charge in [-0.25, -0.2) is 0 Å². The van der Waals surface area contributed by atoms with Crippen molar-refractivity contribution >= 4 is 0 Å². The van der Waals surface area contributed by atoms with Crippen molar-refractivity contribution in [1.82, 2.24) is 4.90 Å². The Kier molecular flexibility index (Phi) is 4.45. The van der Waals surface area contributed by atoms with Gasteiger partial charge in [0.25, 0.3) is 0 Å². The van der Waals surface area contributed by atoms with Crippen molar-refractivity contribution in [2.45, 2.75) is 46.0 Å². The predicted molar refractivity (Wildman–Crippen MR) is 78.9 cm³/mol. The Morgan fingerprint density at radius 3 is 2.56 bits per heavy atom. The fraction of sp³-hybridized carbons (Fsp3) is 0.647. The van der Waals surface area contributed by atoms with Crippen molar-refractivity contribution in [1.29, 1.82) is 0 Å². The van der Waals surface area contributed by atoms with Crippen LogP contribution in [0.3, 0.4) is 0 Å². The molecule has 0 radical (unpaired) electrons. The molecule has 0 aliphatic carbocycles. The number of rotatable bonds is 3. The Bertz CT molecular complexity index is 350. The van der Waals surface area contributed by atoms with Gasteiger partial charge in [0.15, 0.2) is 0 Å². The Morgan fingerprint density at radius 2 is 1.89 bits per heavy atom. The van der Waals surface area contributed by atoms with Crippen LogP contribution in [-0.4, -0.2) is 24.5 Å². The zero-order valence-electron chi connectivity index (χ0n) is 12.2. The first-order chi connectivity index (χ1) is 8.54. The highest BCUT2D eigenvalue weighted by atomic mass is 15.1. The molecule has 1 fully saturated rings. The summed E-state index contributed by atoms with van der Waals surface area (Å²) in [5, 5.41) is 0. The quantitative estimate of drug-likeness (QED) is 0.767. The summed E-state index contributed by atoms with van der Waals surface area (Å²) in [5.41, 5.74) is 1.98. The Morgan fingerprint density at radius 1 is 1.17 bits per heavy atom. The summed E-state index contributed by atoms with van der Waals surface area (Å²) in [4.78, 5) is 2.66. The predicted octanol–water partition coefficient (Wildman–Crippen LogP) is 4.30. The average Bonchev–Trinajstić information content (AvgIpc) is 2.37. The molecule has 1 unspecified atom stereocenters. The van der Waals surface area contributed by atoms with Gasteiger partial charge in [-0.3, -0.25) is 0 Å². The molecule has 1 saturated heterocycles. The fourth-order valence-electron chi connectivity index (χ4n) is 2.75. The van der Waals surface area contributed by atoms with E-state index >= 15 is 0 Å². The van der Waals surface area contributed by atoms with Gasteiger partial charge < -0.3 is 4.90 Å². The van der Waals surface area contributed by atoms with Crippen LogP contribution in [0.5, 0.6) is 0 Å². The molecule has 100 valence electrons. The van der Waals surface area contributed by atoms with Crippen molar-refractivity contribution in [2.24, 2.45) is 5.41 Å². The lowest BCUT2D eigenvalue weighted by atomic mass is 9.88. The van der Waals surface area contributed by atoms with Crippen molar-refractivity contribution in [3.8, 4) is 0 Å². The molecule has 0 spiro atoms. The van der Waals surface area contributed by atoms with Crippen molar-refractivity contribution in [3.63, 3.8) is 0 Å². The molecule has 2 rings (SSSR count). The number of benzene rings is 1. The molecule has 0 saturated carbocycles.